The molecule has 0 heterocycles. The molecule has 36 heavy (non-hydrogen) atoms. The van der Waals surface area contributed by atoms with Crippen LogP contribution in [0, 0.1) is 22.2 Å². The summed E-state index contributed by atoms with van der Waals surface area (Å²) in [7, 11) is 0. The molecule has 0 aliphatic heterocycles. The minimum atomic E-state index is -2.10. The van der Waals surface area contributed by atoms with E-state index in [1.54, 1.807) is 13.8 Å². The lowest BCUT2D eigenvalue weighted by molar-refractivity contribution is -0.152. The second-order valence-electron chi connectivity index (χ2n) is 12.2. The van der Waals surface area contributed by atoms with E-state index in [-0.39, 0.29) is 17.8 Å². The van der Waals surface area contributed by atoms with Gasteiger partial charge in [-0.1, -0.05) is 108 Å². The Hall–Kier alpha value is -1.26. The molecule has 2 atom stereocenters. The highest BCUT2D eigenvalue weighted by Crippen LogP contribution is 2.37. The first-order valence-electron chi connectivity index (χ1n) is 14.2. The van der Waals surface area contributed by atoms with Gasteiger partial charge in [0.2, 0.25) is 5.67 Å². The van der Waals surface area contributed by atoms with Gasteiger partial charge in [0.05, 0.1) is 0 Å². The number of ketones is 2. The number of halogens is 1. The van der Waals surface area contributed by atoms with E-state index >= 15 is 0 Å². The molecular weight excluding hydrogens is 455 g/mol. The normalized spacial score (nSPS) is 14.4. The summed E-state index contributed by atoms with van der Waals surface area (Å²) in [5.74, 6) is -0.489. The highest BCUT2D eigenvalue weighted by molar-refractivity contribution is 5.78. The van der Waals surface area contributed by atoms with Crippen LogP contribution >= 0.6 is 0 Å². The van der Waals surface area contributed by atoms with Crippen molar-refractivity contribution in [2.45, 2.75) is 160 Å². The number of aliphatic carboxylic acids is 1. The number of carboxylic acid groups (broad SMARTS) is 1. The molecule has 216 valence electrons. The Balaban J connectivity index is -0.000000455. The molecule has 0 fully saturated rings. The molecule has 0 radical (unpaired) electrons. The molecule has 0 saturated carbocycles. The molecule has 4 nitrogen and oxygen atoms in total. The van der Waals surface area contributed by atoms with E-state index in [2.05, 4.69) is 41.5 Å². The van der Waals surface area contributed by atoms with Gasteiger partial charge in [0.1, 0.15) is 11.6 Å². The Kier molecular flexibility index (Phi) is 19.7. The number of rotatable bonds is 15. The first-order valence-corrected chi connectivity index (χ1v) is 14.2. The van der Waals surface area contributed by atoms with E-state index in [9.17, 15) is 18.8 Å². The average Bonchev–Trinajstić information content (AvgIpc) is 2.82. The van der Waals surface area contributed by atoms with Crippen molar-refractivity contribution in [3.05, 3.63) is 0 Å². The summed E-state index contributed by atoms with van der Waals surface area (Å²) in [5.41, 5.74) is -1.54. The van der Waals surface area contributed by atoms with Crippen molar-refractivity contribution in [2.75, 3.05) is 0 Å². The Labute approximate surface area is 223 Å². The zero-order valence-electron chi connectivity index (χ0n) is 26.2. The summed E-state index contributed by atoms with van der Waals surface area (Å²) in [6, 6.07) is 0. The third-order valence-electron chi connectivity index (χ3n) is 8.90. The van der Waals surface area contributed by atoms with Crippen molar-refractivity contribution in [1.29, 1.82) is 0 Å². The lowest BCUT2D eigenvalue weighted by Gasteiger charge is -2.31. The molecule has 0 aromatic heterocycles. The van der Waals surface area contributed by atoms with E-state index in [4.69, 9.17) is 5.11 Å². The van der Waals surface area contributed by atoms with Gasteiger partial charge < -0.3 is 9.90 Å². The van der Waals surface area contributed by atoms with Crippen LogP contribution in [-0.4, -0.2) is 28.3 Å². The quantitative estimate of drug-likeness (QED) is 0.235. The van der Waals surface area contributed by atoms with Crippen LogP contribution in [0.1, 0.15) is 154 Å². The van der Waals surface area contributed by atoms with Gasteiger partial charge in [-0.2, -0.15) is 0 Å². The number of carbonyl (C=O) groups excluding carboxylic acids is 2. The standard InChI is InChI=1S/C11H22O.C10H19FO2.C10H20O/c1-6-11(5,7-2)8-9(3)10(4)12;1-5-9(3,6-2)7-10(4,11)8(12)13;1-5-10(4,6-2)8-7-9(3)11/h9H,6-8H2,1-5H3;5-7H2,1-4H3,(H,12,13);5-8H2,1-4H3. The first-order chi connectivity index (χ1) is 16.3. The zero-order valence-corrected chi connectivity index (χ0v) is 26.2. The molecule has 0 aromatic carbocycles. The van der Waals surface area contributed by atoms with Crippen molar-refractivity contribution >= 4 is 17.5 Å². The van der Waals surface area contributed by atoms with Gasteiger partial charge in [0.15, 0.2) is 0 Å². The maximum atomic E-state index is 13.5. The fourth-order valence-electron chi connectivity index (χ4n) is 3.88. The predicted molar refractivity (Wildman–Crippen MR) is 152 cm³/mol. The lowest BCUT2D eigenvalue weighted by Crippen LogP contribution is -2.36. The highest BCUT2D eigenvalue weighted by atomic mass is 19.1. The molecule has 1 N–H and O–H groups in total. The largest absolute Gasteiger partial charge is 0.479 e. The van der Waals surface area contributed by atoms with E-state index in [1.165, 1.54) is 25.7 Å². The van der Waals surface area contributed by atoms with Crippen molar-refractivity contribution in [1.82, 2.24) is 0 Å². The molecule has 0 rings (SSSR count). The summed E-state index contributed by atoms with van der Waals surface area (Å²) in [5, 5.41) is 8.62. The van der Waals surface area contributed by atoms with E-state index < -0.39 is 11.6 Å². The number of hydrogen-bond acceptors (Lipinski definition) is 3. The van der Waals surface area contributed by atoms with Gasteiger partial charge in [0.25, 0.3) is 0 Å². The van der Waals surface area contributed by atoms with Gasteiger partial charge in [-0.05, 0) is 56.3 Å². The second-order valence-corrected chi connectivity index (χ2v) is 12.2. The summed E-state index contributed by atoms with van der Waals surface area (Å²) in [4.78, 5) is 32.3. The topological polar surface area (TPSA) is 71.4 Å². The van der Waals surface area contributed by atoms with Gasteiger partial charge in [-0.15, -0.1) is 0 Å². The summed E-state index contributed by atoms with van der Waals surface area (Å²) in [6.07, 6.45) is 9.22. The van der Waals surface area contributed by atoms with E-state index in [1.807, 2.05) is 27.7 Å². The average molecular weight is 517 g/mol. The maximum Gasteiger partial charge on any atom is 0.341 e. The molecule has 0 aromatic rings. The second kappa shape index (κ2) is 18.1. The minimum absolute atomic E-state index is 0.0856. The van der Waals surface area contributed by atoms with Crippen LogP contribution in [0.3, 0.4) is 0 Å². The van der Waals surface area contributed by atoms with Crippen LogP contribution in [0.2, 0.25) is 0 Å². The van der Waals surface area contributed by atoms with Gasteiger partial charge in [0, 0.05) is 12.3 Å². The molecule has 5 heteroatoms. The van der Waals surface area contributed by atoms with E-state index in [0.29, 0.717) is 22.4 Å². The SMILES string of the molecule is CCC(C)(CC)CC(C)(F)C(=O)O.CCC(C)(CC)CC(C)C(C)=O.CCC(C)(CC)CCC(C)=O. The third kappa shape index (κ3) is 17.2. The van der Waals surface area contributed by atoms with Crippen molar-refractivity contribution in [3.63, 3.8) is 0 Å². The Morgan fingerprint density at radius 2 is 1.08 bits per heavy atom. The fourth-order valence-corrected chi connectivity index (χ4v) is 3.88. The van der Waals surface area contributed by atoms with Crippen LogP contribution in [0.5, 0.6) is 0 Å². The number of Topliss-reactive ketones (excluding diaryl/α,β-unsaturated/α-hetero) is 2. The predicted octanol–water partition coefficient (Wildman–Crippen LogP) is 9.63. The van der Waals surface area contributed by atoms with Gasteiger partial charge >= 0.3 is 5.97 Å². The zero-order chi connectivity index (χ0) is 29.4. The Morgan fingerprint density at radius 3 is 1.33 bits per heavy atom. The molecule has 0 aliphatic rings. The van der Waals surface area contributed by atoms with Crippen LogP contribution in [0.15, 0.2) is 0 Å². The van der Waals surface area contributed by atoms with Crippen LogP contribution < -0.4 is 0 Å². The Morgan fingerprint density at radius 1 is 0.722 bits per heavy atom. The van der Waals surface area contributed by atoms with Crippen LogP contribution in [0.4, 0.5) is 4.39 Å². The van der Waals surface area contributed by atoms with Crippen molar-refractivity contribution in [2.24, 2.45) is 22.2 Å². The maximum absolute atomic E-state index is 13.5. The fraction of sp³-hybridized carbons (Fsp3) is 0.903. The molecular formula is C31H61FO4. The van der Waals surface area contributed by atoms with Crippen LogP contribution in [-0.2, 0) is 14.4 Å². The first kappa shape index (κ1) is 39.3. The number of carboxylic acids is 1. The van der Waals surface area contributed by atoms with Gasteiger partial charge in [-0.25, -0.2) is 9.18 Å². The summed E-state index contributed by atoms with van der Waals surface area (Å²) < 4.78 is 13.5. The Bertz CT molecular complexity index is 626. The third-order valence-corrected chi connectivity index (χ3v) is 8.90. The summed E-state index contributed by atoms with van der Waals surface area (Å²) in [6.45, 7) is 25.7. The number of carbonyl (C=O) groups is 3. The number of alkyl halides is 1. The molecule has 0 spiro atoms. The number of hydrogen-bond donors (Lipinski definition) is 1. The van der Waals surface area contributed by atoms with E-state index in [0.717, 1.165) is 39.0 Å². The molecule has 0 bridgehead atoms. The van der Waals surface area contributed by atoms with Crippen molar-refractivity contribution < 1.29 is 23.9 Å². The molecule has 0 saturated heterocycles. The van der Waals surface area contributed by atoms with Gasteiger partial charge in [-0.3, -0.25) is 4.79 Å². The monoisotopic (exact) mass is 516 g/mol. The smallest absolute Gasteiger partial charge is 0.341 e. The van der Waals surface area contributed by atoms with Crippen LogP contribution in [0.25, 0.3) is 0 Å². The molecule has 0 amide bonds. The molecule has 2 unspecified atom stereocenters. The minimum Gasteiger partial charge on any atom is -0.479 e. The highest BCUT2D eigenvalue weighted by Gasteiger charge is 2.39. The molecule has 0 aliphatic carbocycles. The summed E-state index contributed by atoms with van der Waals surface area (Å²) >= 11 is 0. The van der Waals surface area contributed by atoms with Crippen molar-refractivity contribution in [3.8, 4) is 0 Å². The lowest BCUT2D eigenvalue weighted by atomic mass is 9.76.